The van der Waals surface area contributed by atoms with Crippen molar-refractivity contribution in [3.05, 3.63) is 72.3 Å². The summed E-state index contributed by atoms with van der Waals surface area (Å²) in [5.41, 5.74) is 5.77. The third kappa shape index (κ3) is 3.86. The summed E-state index contributed by atoms with van der Waals surface area (Å²) >= 11 is 0. The van der Waals surface area contributed by atoms with E-state index in [2.05, 4.69) is 57.3 Å². The molecule has 3 aliphatic heterocycles. The molecule has 0 aliphatic carbocycles. The van der Waals surface area contributed by atoms with Crippen LogP contribution in [0.5, 0.6) is 0 Å². The Hall–Kier alpha value is -3.59. The average Bonchev–Trinajstić information content (AvgIpc) is 3.59. The van der Waals surface area contributed by atoms with E-state index in [1.54, 1.807) is 12.5 Å². The van der Waals surface area contributed by atoms with Gasteiger partial charge in [-0.15, -0.1) is 0 Å². The molecule has 6 rings (SSSR count). The molecular weight excluding hydrogens is 424 g/mol. The van der Waals surface area contributed by atoms with Gasteiger partial charge in [-0.3, -0.25) is 0 Å². The largest absolute Gasteiger partial charge is 0.459 e. The predicted octanol–water partition coefficient (Wildman–Crippen LogP) is 5.48. The lowest BCUT2D eigenvalue weighted by molar-refractivity contribution is -0.0728. The van der Waals surface area contributed by atoms with Crippen LogP contribution in [-0.2, 0) is 9.47 Å². The molecule has 2 saturated heterocycles. The predicted molar refractivity (Wildman–Crippen MR) is 134 cm³/mol. The molecule has 3 aromatic rings. The molecule has 2 fully saturated rings. The number of nitriles is 1. The van der Waals surface area contributed by atoms with Crippen LogP contribution in [0.25, 0.3) is 10.9 Å². The Bertz CT molecular complexity index is 1200. The summed E-state index contributed by atoms with van der Waals surface area (Å²) in [6.45, 7) is 4.15. The molecule has 0 bridgehead atoms. The summed E-state index contributed by atoms with van der Waals surface area (Å²) in [4.78, 5) is 8.26. The van der Waals surface area contributed by atoms with Gasteiger partial charge in [0, 0.05) is 49.4 Å². The number of aromatic nitrogens is 1. The SMILES string of the molecule is N#Cc1c[nH]c2c(N3CCC(c4ccc(N5CCC(C6OC=CO6)CC5)cc4)CC3)cccc12. The highest BCUT2D eigenvalue weighted by Crippen LogP contribution is 2.35. The third-order valence-electron chi connectivity index (χ3n) is 7.78. The molecule has 6 nitrogen and oxygen atoms in total. The molecule has 1 aromatic heterocycles. The number of fused-ring (bicyclic) bond motifs is 1. The van der Waals surface area contributed by atoms with Gasteiger partial charge >= 0.3 is 0 Å². The van der Waals surface area contributed by atoms with E-state index in [4.69, 9.17) is 9.47 Å². The zero-order chi connectivity index (χ0) is 22.9. The number of nitrogens with zero attached hydrogens (tertiary/aromatic N) is 3. The highest BCUT2D eigenvalue weighted by molar-refractivity contribution is 5.95. The molecule has 0 atom stereocenters. The van der Waals surface area contributed by atoms with Crippen molar-refractivity contribution in [3.63, 3.8) is 0 Å². The Labute approximate surface area is 200 Å². The minimum atomic E-state index is -0.0900. The fourth-order valence-electron chi connectivity index (χ4n) is 5.81. The molecule has 6 heteroatoms. The van der Waals surface area contributed by atoms with E-state index in [9.17, 15) is 5.26 Å². The van der Waals surface area contributed by atoms with Gasteiger partial charge in [-0.05, 0) is 55.4 Å². The molecule has 0 spiro atoms. The topological polar surface area (TPSA) is 64.5 Å². The van der Waals surface area contributed by atoms with E-state index >= 15 is 0 Å². The molecule has 0 saturated carbocycles. The summed E-state index contributed by atoms with van der Waals surface area (Å²) in [7, 11) is 0. The molecule has 0 amide bonds. The molecule has 0 unspecified atom stereocenters. The summed E-state index contributed by atoms with van der Waals surface area (Å²) < 4.78 is 11.1. The average molecular weight is 455 g/mol. The zero-order valence-electron chi connectivity index (χ0n) is 19.3. The lowest BCUT2D eigenvalue weighted by atomic mass is 9.89. The van der Waals surface area contributed by atoms with Gasteiger partial charge in [-0.1, -0.05) is 24.3 Å². The van der Waals surface area contributed by atoms with Crippen molar-refractivity contribution in [1.82, 2.24) is 4.98 Å². The van der Waals surface area contributed by atoms with Crippen LogP contribution in [-0.4, -0.2) is 37.5 Å². The molecule has 174 valence electrons. The first-order valence-corrected chi connectivity index (χ1v) is 12.4. The maximum atomic E-state index is 9.35. The van der Waals surface area contributed by atoms with Crippen LogP contribution in [0.3, 0.4) is 0 Å². The van der Waals surface area contributed by atoms with Gasteiger partial charge in [-0.25, -0.2) is 0 Å². The number of nitrogens with one attached hydrogen (secondary N) is 1. The quantitative estimate of drug-likeness (QED) is 0.565. The van der Waals surface area contributed by atoms with Crippen molar-refractivity contribution in [1.29, 1.82) is 5.26 Å². The zero-order valence-corrected chi connectivity index (χ0v) is 19.3. The molecule has 2 aromatic carbocycles. The smallest absolute Gasteiger partial charge is 0.242 e. The van der Waals surface area contributed by atoms with Crippen molar-refractivity contribution in [2.24, 2.45) is 5.92 Å². The molecule has 1 N–H and O–H groups in total. The first-order valence-electron chi connectivity index (χ1n) is 12.4. The summed E-state index contributed by atoms with van der Waals surface area (Å²) in [6.07, 6.45) is 9.51. The number of ether oxygens (including phenoxy) is 2. The fraction of sp³-hybridized carbons (Fsp3) is 0.393. The van der Waals surface area contributed by atoms with E-state index in [0.717, 1.165) is 62.8 Å². The lowest BCUT2D eigenvalue weighted by Gasteiger charge is -2.36. The van der Waals surface area contributed by atoms with Crippen molar-refractivity contribution in [2.45, 2.75) is 37.9 Å². The third-order valence-corrected chi connectivity index (χ3v) is 7.78. The van der Waals surface area contributed by atoms with Crippen LogP contribution in [0.1, 0.15) is 42.7 Å². The number of aromatic amines is 1. The van der Waals surface area contributed by atoms with Gasteiger partial charge < -0.3 is 24.3 Å². The van der Waals surface area contributed by atoms with Gasteiger partial charge in [0.1, 0.15) is 18.6 Å². The van der Waals surface area contributed by atoms with E-state index in [0.29, 0.717) is 17.4 Å². The standard InChI is InChI=1S/C28H30N4O2/c29-18-23-19-30-27-25(23)2-1-3-26(27)32-14-8-21(9-15-32)20-4-6-24(7-5-20)31-12-10-22(11-13-31)28-33-16-17-34-28/h1-7,16-17,19,21-22,28,30H,8-15H2. The second-order valence-electron chi connectivity index (χ2n) is 9.60. The fourth-order valence-corrected chi connectivity index (χ4v) is 5.81. The minimum absolute atomic E-state index is 0.0900. The first kappa shape index (κ1) is 21.0. The molecule has 0 radical (unpaired) electrons. The number of piperidine rings is 2. The van der Waals surface area contributed by atoms with Crippen molar-refractivity contribution >= 4 is 22.3 Å². The number of hydrogen-bond acceptors (Lipinski definition) is 5. The Morgan fingerprint density at radius 1 is 0.853 bits per heavy atom. The normalized spacial score (nSPS) is 19.9. The number of H-pyrrole nitrogens is 1. The van der Waals surface area contributed by atoms with E-state index in [1.165, 1.54) is 16.9 Å². The van der Waals surface area contributed by atoms with E-state index in [-0.39, 0.29) is 6.29 Å². The van der Waals surface area contributed by atoms with Gasteiger partial charge in [0.25, 0.3) is 0 Å². The molecule has 34 heavy (non-hydrogen) atoms. The monoisotopic (exact) mass is 454 g/mol. The van der Waals surface area contributed by atoms with Crippen LogP contribution >= 0.6 is 0 Å². The molecule has 3 aliphatic rings. The lowest BCUT2D eigenvalue weighted by Crippen LogP contribution is -2.38. The van der Waals surface area contributed by atoms with Crippen molar-refractivity contribution in [3.8, 4) is 6.07 Å². The summed E-state index contributed by atoms with van der Waals surface area (Å²) in [6, 6.07) is 17.8. The first-order chi connectivity index (χ1) is 16.8. The maximum Gasteiger partial charge on any atom is 0.242 e. The van der Waals surface area contributed by atoms with Crippen LogP contribution in [0, 0.1) is 17.2 Å². The highest BCUT2D eigenvalue weighted by atomic mass is 16.7. The molecular formula is C28H30N4O2. The van der Waals surface area contributed by atoms with E-state index < -0.39 is 0 Å². The van der Waals surface area contributed by atoms with Crippen LogP contribution in [0.4, 0.5) is 11.4 Å². The van der Waals surface area contributed by atoms with Crippen LogP contribution in [0.15, 0.2) is 61.2 Å². The summed E-state index contributed by atoms with van der Waals surface area (Å²) in [5, 5.41) is 10.4. The van der Waals surface area contributed by atoms with Gasteiger partial charge in [0.05, 0.1) is 16.8 Å². The Balaban J connectivity index is 1.06. The number of para-hydroxylation sites is 1. The van der Waals surface area contributed by atoms with Gasteiger partial charge in [0.2, 0.25) is 6.29 Å². The number of rotatable bonds is 4. The van der Waals surface area contributed by atoms with Crippen molar-refractivity contribution < 1.29 is 9.47 Å². The minimum Gasteiger partial charge on any atom is -0.459 e. The van der Waals surface area contributed by atoms with Crippen molar-refractivity contribution in [2.75, 3.05) is 36.0 Å². The van der Waals surface area contributed by atoms with E-state index in [1.807, 2.05) is 12.3 Å². The van der Waals surface area contributed by atoms with Crippen LogP contribution in [0.2, 0.25) is 0 Å². The van der Waals surface area contributed by atoms with Gasteiger partial charge in [-0.2, -0.15) is 5.26 Å². The Kier molecular flexibility index (Phi) is 5.54. The number of benzene rings is 2. The maximum absolute atomic E-state index is 9.35. The number of hydrogen-bond donors (Lipinski definition) is 1. The molecule has 4 heterocycles. The highest BCUT2D eigenvalue weighted by Gasteiger charge is 2.30. The summed E-state index contributed by atoms with van der Waals surface area (Å²) in [5.74, 6) is 1.07. The van der Waals surface area contributed by atoms with Gasteiger partial charge in [0.15, 0.2) is 0 Å². The Morgan fingerprint density at radius 3 is 2.26 bits per heavy atom. The second-order valence-corrected chi connectivity index (χ2v) is 9.60. The van der Waals surface area contributed by atoms with Crippen LogP contribution < -0.4 is 9.80 Å². The number of anilines is 2. The Morgan fingerprint density at radius 2 is 1.56 bits per heavy atom. The second kappa shape index (κ2) is 8.98.